The van der Waals surface area contributed by atoms with Crippen LogP contribution in [0.15, 0.2) is 18.2 Å². The average molecular weight is 186 g/mol. The van der Waals surface area contributed by atoms with Gasteiger partial charge in [0, 0.05) is 5.92 Å². The minimum absolute atomic E-state index is 0.696. The lowest BCUT2D eigenvalue weighted by atomic mass is 9.85. The molecule has 3 rings (SSSR count). The molecule has 0 radical (unpaired) electrons. The molecule has 1 saturated carbocycles. The Morgan fingerprint density at radius 3 is 2.86 bits per heavy atom. The third kappa shape index (κ3) is 1.07. The number of aromatic nitrogens is 2. The van der Waals surface area contributed by atoms with Crippen molar-refractivity contribution in [1.82, 2.24) is 9.97 Å². The molecule has 2 nitrogen and oxygen atoms in total. The van der Waals surface area contributed by atoms with Crippen LogP contribution in [0.1, 0.15) is 36.6 Å². The number of hydrogen-bond acceptors (Lipinski definition) is 1. The summed E-state index contributed by atoms with van der Waals surface area (Å²) in [5, 5.41) is 0. The van der Waals surface area contributed by atoms with Gasteiger partial charge in [0.25, 0.3) is 0 Å². The van der Waals surface area contributed by atoms with Gasteiger partial charge in [0.1, 0.15) is 5.82 Å². The van der Waals surface area contributed by atoms with Crippen molar-refractivity contribution >= 4 is 11.0 Å². The SMILES string of the molecule is Cc1cccc2[nH]c(C3CCC3)nc12. The van der Waals surface area contributed by atoms with Crippen molar-refractivity contribution in [1.29, 1.82) is 0 Å². The highest BCUT2D eigenvalue weighted by Gasteiger charge is 2.22. The van der Waals surface area contributed by atoms with Crippen molar-refractivity contribution in [2.75, 3.05) is 0 Å². The van der Waals surface area contributed by atoms with E-state index in [1.54, 1.807) is 0 Å². The Balaban J connectivity index is 2.15. The number of aryl methyl sites for hydroxylation is 1. The van der Waals surface area contributed by atoms with E-state index in [4.69, 9.17) is 0 Å². The molecule has 0 amide bonds. The van der Waals surface area contributed by atoms with E-state index in [1.165, 1.54) is 36.2 Å². The summed E-state index contributed by atoms with van der Waals surface area (Å²) < 4.78 is 0. The normalized spacial score (nSPS) is 17.2. The van der Waals surface area contributed by atoms with Crippen LogP contribution < -0.4 is 0 Å². The van der Waals surface area contributed by atoms with E-state index in [1.807, 2.05) is 0 Å². The molecule has 2 aromatic rings. The third-order valence-electron chi connectivity index (χ3n) is 3.22. The molecular weight excluding hydrogens is 172 g/mol. The zero-order valence-corrected chi connectivity index (χ0v) is 8.38. The minimum Gasteiger partial charge on any atom is -0.342 e. The molecule has 2 heteroatoms. The molecule has 14 heavy (non-hydrogen) atoms. The maximum Gasteiger partial charge on any atom is 0.110 e. The second-order valence-corrected chi connectivity index (χ2v) is 4.22. The Morgan fingerprint density at radius 1 is 1.36 bits per heavy atom. The molecular formula is C12H14N2. The highest BCUT2D eigenvalue weighted by molar-refractivity contribution is 5.78. The molecule has 1 N–H and O–H groups in total. The summed E-state index contributed by atoms with van der Waals surface area (Å²) in [5.74, 6) is 1.89. The van der Waals surface area contributed by atoms with Crippen LogP contribution in [0.5, 0.6) is 0 Å². The van der Waals surface area contributed by atoms with Gasteiger partial charge in [-0.3, -0.25) is 0 Å². The van der Waals surface area contributed by atoms with Crippen molar-refractivity contribution in [3.63, 3.8) is 0 Å². The first kappa shape index (κ1) is 8.04. The number of aromatic amines is 1. The Labute approximate surface area is 83.4 Å². The highest BCUT2D eigenvalue weighted by Crippen LogP contribution is 2.35. The molecule has 1 aromatic carbocycles. The Morgan fingerprint density at radius 2 is 2.21 bits per heavy atom. The number of benzene rings is 1. The summed E-state index contributed by atoms with van der Waals surface area (Å²) in [6.45, 7) is 2.12. The number of fused-ring (bicyclic) bond motifs is 1. The number of hydrogen-bond donors (Lipinski definition) is 1. The summed E-state index contributed by atoms with van der Waals surface area (Å²) in [5.41, 5.74) is 3.60. The Bertz CT molecular complexity index is 466. The van der Waals surface area contributed by atoms with Crippen LogP contribution in [0.3, 0.4) is 0 Å². The summed E-state index contributed by atoms with van der Waals surface area (Å²) in [6.07, 6.45) is 3.97. The lowest BCUT2D eigenvalue weighted by Gasteiger charge is -2.22. The van der Waals surface area contributed by atoms with Gasteiger partial charge in [0.05, 0.1) is 11.0 Å². The standard InChI is InChI=1S/C12H14N2/c1-8-4-2-7-10-11(8)14-12(13-10)9-5-3-6-9/h2,4,7,9H,3,5-6H2,1H3,(H,13,14). The Hall–Kier alpha value is -1.31. The van der Waals surface area contributed by atoms with Crippen molar-refractivity contribution in [2.24, 2.45) is 0 Å². The first-order valence-corrected chi connectivity index (χ1v) is 5.30. The second kappa shape index (κ2) is 2.84. The van der Waals surface area contributed by atoms with Gasteiger partial charge in [-0.1, -0.05) is 18.6 Å². The maximum absolute atomic E-state index is 4.68. The van der Waals surface area contributed by atoms with E-state index in [0.717, 1.165) is 5.52 Å². The van der Waals surface area contributed by atoms with E-state index in [0.29, 0.717) is 5.92 Å². The molecule has 0 bridgehead atoms. The smallest absolute Gasteiger partial charge is 0.110 e. The number of nitrogens with zero attached hydrogens (tertiary/aromatic N) is 1. The first-order valence-electron chi connectivity index (χ1n) is 5.30. The fourth-order valence-corrected chi connectivity index (χ4v) is 2.07. The molecule has 0 saturated heterocycles. The van der Waals surface area contributed by atoms with Gasteiger partial charge in [0.2, 0.25) is 0 Å². The quantitative estimate of drug-likeness (QED) is 0.728. The molecule has 1 aliphatic rings. The van der Waals surface area contributed by atoms with Crippen molar-refractivity contribution < 1.29 is 0 Å². The number of rotatable bonds is 1. The van der Waals surface area contributed by atoms with E-state index >= 15 is 0 Å². The molecule has 0 aliphatic heterocycles. The second-order valence-electron chi connectivity index (χ2n) is 4.22. The topological polar surface area (TPSA) is 28.7 Å². The lowest BCUT2D eigenvalue weighted by molar-refractivity contribution is 0.405. The van der Waals surface area contributed by atoms with Crippen LogP contribution in [-0.4, -0.2) is 9.97 Å². The third-order valence-corrected chi connectivity index (χ3v) is 3.22. The van der Waals surface area contributed by atoms with Crippen molar-refractivity contribution in [3.05, 3.63) is 29.6 Å². The fourth-order valence-electron chi connectivity index (χ4n) is 2.07. The van der Waals surface area contributed by atoms with Gasteiger partial charge in [-0.25, -0.2) is 4.98 Å². The highest BCUT2D eigenvalue weighted by atomic mass is 14.9. The number of nitrogens with one attached hydrogen (secondary N) is 1. The van der Waals surface area contributed by atoms with Crippen LogP contribution in [0, 0.1) is 6.92 Å². The van der Waals surface area contributed by atoms with Gasteiger partial charge in [-0.15, -0.1) is 0 Å². The van der Waals surface area contributed by atoms with Gasteiger partial charge in [0.15, 0.2) is 0 Å². The predicted molar refractivity (Wildman–Crippen MR) is 57.4 cm³/mol. The van der Waals surface area contributed by atoms with E-state index in [9.17, 15) is 0 Å². The van der Waals surface area contributed by atoms with Gasteiger partial charge >= 0.3 is 0 Å². The molecule has 72 valence electrons. The number of para-hydroxylation sites is 1. The molecule has 1 aliphatic carbocycles. The summed E-state index contributed by atoms with van der Waals surface area (Å²) in [6, 6.07) is 6.31. The summed E-state index contributed by atoms with van der Waals surface area (Å²) in [7, 11) is 0. The Kier molecular flexibility index (Phi) is 1.63. The lowest BCUT2D eigenvalue weighted by Crippen LogP contribution is -2.10. The average Bonchev–Trinajstić information content (AvgIpc) is 2.46. The zero-order valence-electron chi connectivity index (χ0n) is 8.38. The fraction of sp³-hybridized carbons (Fsp3) is 0.417. The predicted octanol–water partition coefficient (Wildman–Crippen LogP) is 3.14. The molecule has 0 unspecified atom stereocenters. The largest absolute Gasteiger partial charge is 0.342 e. The van der Waals surface area contributed by atoms with Crippen LogP contribution in [-0.2, 0) is 0 Å². The maximum atomic E-state index is 4.68. The van der Waals surface area contributed by atoms with Crippen LogP contribution in [0.2, 0.25) is 0 Å². The number of H-pyrrole nitrogens is 1. The van der Waals surface area contributed by atoms with Crippen LogP contribution >= 0.6 is 0 Å². The van der Waals surface area contributed by atoms with E-state index in [-0.39, 0.29) is 0 Å². The minimum atomic E-state index is 0.696. The van der Waals surface area contributed by atoms with Gasteiger partial charge < -0.3 is 4.98 Å². The molecule has 1 heterocycles. The number of imidazole rings is 1. The molecule has 0 atom stereocenters. The molecule has 1 aromatic heterocycles. The summed E-state index contributed by atoms with van der Waals surface area (Å²) >= 11 is 0. The van der Waals surface area contributed by atoms with E-state index in [2.05, 4.69) is 35.1 Å². The summed E-state index contributed by atoms with van der Waals surface area (Å²) in [4.78, 5) is 8.11. The van der Waals surface area contributed by atoms with Crippen LogP contribution in [0.4, 0.5) is 0 Å². The van der Waals surface area contributed by atoms with E-state index < -0.39 is 0 Å². The van der Waals surface area contributed by atoms with Gasteiger partial charge in [-0.05, 0) is 31.4 Å². The van der Waals surface area contributed by atoms with Gasteiger partial charge in [-0.2, -0.15) is 0 Å². The molecule has 1 fully saturated rings. The van der Waals surface area contributed by atoms with Crippen molar-refractivity contribution in [3.8, 4) is 0 Å². The first-order chi connectivity index (χ1) is 6.84. The van der Waals surface area contributed by atoms with Crippen LogP contribution in [0.25, 0.3) is 11.0 Å². The van der Waals surface area contributed by atoms with Crippen molar-refractivity contribution in [2.45, 2.75) is 32.1 Å². The molecule has 0 spiro atoms. The zero-order chi connectivity index (χ0) is 9.54. The monoisotopic (exact) mass is 186 g/mol.